The first kappa shape index (κ1) is 22.7. The van der Waals surface area contributed by atoms with E-state index in [1.807, 2.05) is 12.1 Å². The average Bonchev–Trinajstić information content (AvgIpc) is 3.26. The average molecular weight is 465 g/mol. The van der Waals surface area contributed by atoms with Gasteiger partial charge in [-0.2, -0.15) is 5.10 Å². The number of amides is 1. The minimum absolute atomic E-state index is 0.277. The summed E-state index contributed by atoms with van der Waals surface area (Å²) < 4.78 is 19.3. The number of anilines is 1. The third kappa shape index (κ3) is 5.01. The highest BCUT2D eigenvalue weighted by Crippen LogP contribution is 2.37. The molecule has 0 atom stereocenters. The van der Waals surface area contributed by atoms with Crippen LogP contribution in [0, 0.1) is 11.8 Å². The van der Waals surface area contributed by atoms with Crippen molar-refractivity contribution >= 4 is 22.5 Å². The van der Waals surface area contributed by atoms with Gasteiger partial charge in [0.2, 0.25) is 5.88 Å². The van der Waals surface area contributed by atoms with E-state index >= 15 is 0 Å². The van der Waals surface area contributed by atoms with Crippen LogP contribution in [-0.4, -0.2) is 47.1 Å². The second-order valence-electron chi connectivity index (χ2n) is 9.45. The third-order valence-electron chi connectivity index (χ3n) is 6.85. The van der Waals surface area contributed by atoms with Crippen molar-refractivity contribution in [1.29, 1.82) is 0 Å². The van der Waals surface area contributed by atoms with Crippen LogP contribution in [0.15, 0.2) is 36.5 Å². The summed E-state index contributed by atoms with van der Waals surface area (Å²) in [6.07, 6.45) is 6.85. The summed E-state index contributed by atoms with van der Waals surface area (Å²) >= 11 is 0. The van der Waals surface area contributed by atoms with Crippen molar-refractivity contribution in [2.75, 3.05) is 31.7 Å². The number of nitrogens with one attached hydrogen (secondary N) is 1. The van der Waals surface area contributed by atoms with Gasteiger partial charge in [-0.05, 0) is 49.7 Å². The zero-order chi connectivity index (χ0) is 23.5. The van der Waals surface area contributed by atoms with Gasteiger partial charge in [0, 0.05) is 23.7 Å². The number of nitrogens with zero attached hydrogens (tertiary/aromatic N) is 3. The maximum atomic E-state index is 13.0. The van der Waals surface area contributed by atoms with E-state index in [9.17, 15) is 4.79 Å². The molecule has 0 unspecified atom stereocenters. The quantitative estimate of drug-likeness (QED) is 0.583. The van der Waals surface area contributed by atoms with Gasteiger partial charge in [0.05, 0.1) is 30.5 Å². The lowest BCUT2D eigenvalue weighted by molar-refractivity contribution is 0.0751. The Kier molecular flexibility index (Phi) is 6.67. The van der Waals surface area contributed by atoms with Crippen molar-refractivity contribution in [3.05, 3.63) is 42.2 Å². The molecule has 1 fully saturated rings. The highest BCUT2D eigenvalue weighted by Gasteiger charge is 2.25. The predicted molar refractivity (Wildman–Crippen MR) is 130 cm³/mol. The molecule has 8 heteroatoms. The number of ether oxygens (including phenoxy) is 3. The fraction of sp³-hybridized carbons (Fsp3) is 0.500. The van der Waals surface area contributed by atoms with Crippen molar-refractivity contribution in [2.45, 2.75) is 45.6 Å². The summed E-state index contributed by atoms with van der Waals surface area (Å²) in [4.78, 5) is 17.3. The summed E-state index contributed by atoms with van der Waals surface area (Å²) in [7, 11) is 0. The molecule has 1 N–H and O–H groups in total. The van der Waals surface area contributed by atoms with E-state index < -0.39 is 0 Å². The van der Waals surface area contributed by atoms with Crippen LogP contribution in [-0.2, 0) is 4.74 Å². The Bertz CT molecular complexity index is 1150. The highest BCUT2D eigenvalue weighted by molar-refractivity contribution is 6.05. The van der Waals surface area contributed by atoms with Crippen LogP contribution in [0.2, 0.25) is 0 Å². The Balaban J connectivity index is 1.43. The van der Waals surface area contributed by atoms with E-state index in [4.69, 9.17) is 19.3 Å². The summed E-state index contributed by atoms with van der Waals surface area (Å²) in [5, 5.41) is 8.81. The molecule has 1 aromatic carbocycles. The van der Waals surface area contributed by atoms with Crippen LogP contribution < -0.4 is 14.8 Å². The fourth-order valence-electron chi connectivity index (χ4n) is 4.83. The molecule has 1 amide bonds. The molecule has 0 radical (unpaired) electrons. The molecule has 2 aliphatic rings. The van der Waals surface area contributed by atoms with Crippen molar-refractivity contribution in [1.82, 2.24) is 14.8 Å². The first-order valence-electron chi connectivity index (χ1n) is 12.2. The first-order chi connectivity index (χ1) is 16.6. The Morgan fingerprint density at radius 3 is 2.62 bits per heavy atom. The molecule has 34 heavy (non-hydrogen) atoms. The largest absolute Gasteiger partial charge is 0.489 e. The molecule has 3 aromatic rings. The van der Waals surface area contributed by atoms with E-state index in [1.54, 1.807) is 18.2 Å². The van der Waals surface area contributed by atoms with Crippen LogP contribution >= 0.6 is 0 Å². The molecular formula is C26H32N4O4. The minimum Gasteiger partial charge on any atom is -0.489 e. The van der Waals surface area contributed by atoms with Gasteiger partial charge in [-0.25, -0.2) is 4.98 Å². The number of hydrogen-bond donors (Lipinski definition) is 1. The summed E-state index contributed by atoms with van der Waals surface area (Å²) in [6.45, 7) is 6.17. The van der Waals surface area contributed by atoms with Gasteiger partial charge in [0.25, 0.3) is 5.91 Å². The van der Waals surface area contributed by atoms with Crippen molar-refractivity contribution < 1.29 is 19.0 Å². The normalized spacial score (nSPS) is 21.8. The van der Waals surface area contributed by atoms with Gasteiger partial charge in [0.15, 0.2) is 0 Å². The molecular weight excluding hydrogens is 432 g/mol. The van der Waals surface area contributed by atoms with Crippen LogP contribution in [0.25, 0.3) is 10.9 Å². The molecule has 1 aliphatic heterocycles. The van der Waals surface area contributed by atoms with Crippen molar-refractivity contribution in [3.63, 3.8) is 0 Å². The van der Waals surface area contributed by atoms with E-state index in [0.717, 1.165) is 35.6 Å². The number of pyridine rings is 1. The van der Waals surface area contributed by atoms with E-state index in [0.29, 0.717) is 49.8 Å². The highest BCUT2D eigenvalue weighted by atomic mass is 16.5. The lowest BCUT2D eigenvalue weighted by atomic mass is 9.80. The smallest absolute Gasteiger partial charge is 0.274 e. The number of hydrogen-bond acceptors (Lipinski definition) is 6. The molecule has 2 bridgehead atoms. The predicted octanol–water partition coefficient (Wildman–Crippen LogP) is 4.86. The number of aromatic nitrogens is 3. The molecule has 0 spiro atoms. The molecule has 180 valence electrons. The van der Waals surface area contributed by atoms with Gasteiger partial charge >= 0.3 is 0 Å². The summed E-state index contributed by atoms with van der Waals surface area (Å²) in [6, 6.07) is 9.38. The van der Waals surface area contributed by atoms with Gasteiger partial charge in [-0.1, -0.05) is 19.9 Å². The number of rotatable bonds is 2. The van der Waals surface area contributed by atoms with Gasteiger partial charge < -0.3 is 19.5 Å². The first-order valence-corrected chi connectivity index (χ1v) is 12.2. The molecule has 2 aromatic heterocycles. The van der Waals surface area contributed by atoms with Crippen LogP contribution in [0.4, 0.5) is 5.69 Å². The Hall–Kier alpha value is -3.13. The standard InChI is InChI=1S/C26H32N4O4/c1-17(2)18-6-8-20(9-7-18)30-16-19-14-23-24(15-22(19)29-30)33-12-10-32-11-13-34-25-5-3-4-21(27-25)26(31)28-23/h3-5,14-18,20H,6-13H2,1-2H3,(H,28,31)/t18-,20-. The summed E-state index contributed by atoms with van der Waals surface area (Å²) in [5.74, 6) is 2.19. The number of benzene rings is 1. The Morgan fingerprint density at radius 1 is 1.03 bits per heavy atom. The van der Waals surface area contributed by atoms with E-state index in [-0.39, 0.29) is 11.6 Å². The maximum Gasteiger partial charge on any atom is 0.274 e. The Labute approximate surface area is 199 Å². The third-order valence-corrected chi connectivity index (χ3v) is 6.85. The monoisotopic (exact) mass is 464 g/mol. The van der Waals surface area contributed by atoms with E-state index in [1.165, 1.54) is 12.8 Å². The van der Waals surface area contributed by atoms with Crippen LogP contribution in [0.5, 0.6) is 11.6 Å². The molecule has 1 saturated carbocycles. The zero-order valence-corrected chi connectivity index (χ0v) is 19.8. The van der Waals surface area contributed by atoms with Crippen molar-refractivity contribution in [3.8, 4) is 11.6 Å². The molecule has 8 nitrogen and oxygen atoms in total. The van der Waals surface area contributed by atoms with Crippen LogP contribution in [0.1, 0.15) is 56.1 Å². The Morgan fingerprint density at radius 2 is 1.82 bits per heavy atom. The molecule has 0 saturated heterocycles. The molecule has 5 rings (SSSR count). The fourth-order valence-corrected chi connectivity index (χ4v) is 4.83. The van der Waals surface area contributed by atoms with Gasteiger partial charge in [-0.15, -0.1) is 0 Å². The topological polar surface area (TPSA) is 87.5 Å². The van der Waals surface area contributed by atoms with Gasteiger partial charge in [-0.3, -0.25) is 9.48 Å². The second-order valence-corrected chi connectivity index (χ2v) is 9.45. The van der Waals surface area contributed by atoms with E-state index in [2.05, 4.69) is 35.0 Å². The van der Waals surface area contributed by atoms with Crippen molar-refractivity contribution in [2.24, 2.45) is 11.8 Å². The van der Waals surface area contributed by atoms with Crippen LogP contribution in [0.3, 0.4) is 0 Å². The minimum atomic E-state index is -0.317. The zero-order valence-electron chi connectivity index (χ0n) is 19.8. The summed E-state index contributed by atoms with van der Waals surface area (Å²) in [5.41, 5.74) is 1.72. The molecule has 1 aliphatic carbocycles. The number of fused-ring (bicyclic) bond motifs is 4. The number of carbonyl (C=O) groups is 1. The molecule has 3 heterocycles. The second kappa shape index (κ2) is 10.0. The maximum absolute atomic E-state index is 13.0. The lowest BCUT2D eigenvalue weighted by Crippen LogP contribution is -2.21. The lowest BCUT2D eigenvalue weighted by Gasteiger charge is -2.30. The SMILES string of the molecule is CC(C)[C@H]1CC[C@H](n2cc3cc4c(cc3n2)OCCOCCOc2cccc(n2)C(=O)N4)CC1. The number of carbonyl (C=O) groups excluding carboxylic acids is 1. The van der Waals surface area contributed by atoms with Gasteiger partial charge in [0.1, 0.15) is 24.7 Å².